The molecule has 0 radical (unpaired) electrons. The maximum atomic E-state index is 11.7. The molecule has 19 heavy (non-hydrogen) atoms. The van der Waals surface area contributed by atoms with Crippen molar-refractivity contribution in [3.05, 3.63) is 0 Å². The number of amides is 2. The molecule has 0 aromatic rings. The molecule has 0 spiro atoms. The molecule has 0 bridgehead atoms. The number of hydrogen-bond donors (Lipinski definition) is 3. The van der Waals surface area contributed by atoms with Crippen molar-refractivity contribution in [2.24, 2.45) is 11.8 Å². The van der Waals surface area contributed by atoms with E-state index >= 15 is 0 Å². The second-order valence-electron chi connectivity index (χ2n) is 5.69. The van der Waals surface area contributed by atoms with Gasteiger partial charge < -0.3 is 15.7 Å². The zero-order valence-corrected chi connectivity index (χ0v) is 12.7. The highest BCUT2D eigenvalue weighted by Gasteiger charge is 2.25. The minimum atomic E-state index is -0.987. The molecule has 5 heteroatoms. The van der Waals surface area contributed by atoms with Gasteiger partial charge in [-0.2, -0.15) is 0 Å². The Kier molecular flexibility index (Phi) is 8.19. The van der Waals surface area contributed by atoms with Gasteiger partial charge in [0.05, 0.1) is 0 Å². The van der Waals surface area contributed by atoms with Crippen molar-refractivity contribution in [3.8, 4) is 0 Å². The van der Waals surface area contributed by atoms with E-state index in [1.54, 1.807) is 0 Å². The number of carbonyl (C=O) groups excluding carboxylic acids is 1. The summed E-state index contributed by atoms with van der Waals surface area (Å²) < 4.78 is 0. The second kappa shape index (κ2) is 8.77. The van der Waals surface area contributed by atoms with Gasteiger partial charge in [0.2, 0.25) is 0 Å². The Balaban J connectivity index is 4.23. The smallest absolute Gasteiger partial charge is 0.326 e. The van der Waals surface area contributed by atoms with E-state index in [9.17, 15) is 9.59 Å². The summed E-state index contributed by atoms with van der Waals surface area (Å²) >= 11 is 0. The maximum absolute atomic E-state index is 11.7. The van der Waals surface area contributed by atoms with E-state index in [4.69, 9.17) is 5.11 Å². The van der Waals surface area contributed by atoms with Gasteiger partial charge in [-0.25, -0.2) is 9.59 Å². The molecule has 2 unspecified atom stereocenters. The quantitative estimate of drug-likeness (QED) is 0.635. The van der Waals surface area contributed by atoms with Crippen LogP contribution in [0.5, 0.6) is 0 Å². The minimum Gasteiger partial charge on any atom is -0.480 e. The molecule has 0 aliphatic heterocycles. The topological polar surface area (TPSA) is 78.4 Å². The number of rotatable bonds is 8. The van der Waals surface area contributed by atoms with Crippen LogP contribution in [0.3, 0.4) is 0 Å². The summed E-state index contributed by atoms with van der Waals surface area (Å²) in [6.45, 7) is 9.93. The number of hydrogen-bond acceptors (Lipinski definition) is 2. The lowest BCUT2D eigenvalue weighted by atomic mass is 9.99. The molecule has 0 aliphatic rings. The first-order chi connectivity index (χ1) is 8.77. The van der Waals surface area contributed by atoms with Gasteiger partial charge in [-0.1, -0.05) is 34.1 Å². The standard InChI is InChI=1S/C14H28N2O3/c1-6-10(4)12(13(17)18)16-14(19)15-11(5)8-7-9(2)3/h9-12H,6-8H2,1-5H3,(H,17,18)(H2,15,16,19)/t10?,11?,12-/m0/s1. The van der Waals surface area contributed by atoms with E-state index in [1.807, 2.05) is 20.8 Å². The SMILES string of the molecule is CCC(C)[C@H](NC(=O)NC(C)CCC(C)C)C(=O)O. The molecule has 2 amide bonds. The Morgan fingerprint density at radius 2 is 1.63 bits per heavy atom. The molecule has 0 aromatic carbocycles. The molecule has 0 aliphatic carbocycles. The van der Waals surface area contributed by atoms with Gasteiger partial charge in [0.1, 0.15) is 6.04 Å². The molecule has 0 heterocycles. The fraction of sp³-hybridized carbons (Fsp3) is 0.857. The van der Waals surface area contributed by atoms with Crippen LogP contribution in [0.25, 0.3) is 0 Å². The van der Waals surface area contributed by atoms with Gasteiger partial charge in [-0.3, -0.25) is 0 Å². The van der Waals surface area contributed by atoms with Crippen LogP contribution >= 0.6 is 0 Å². The van der Waals surface area contributed by atoms with Crippen LogP contribution < -0.4 is 10.6 Å². The molecular formula is C14H28N2O3. The largest absolute Gasteiger partial charge is 0.480 e. The summed E-state index contributed by atoms with van der Waals surface area (Å²) in [4.78, 5) is 22.8. The van der Waals surface area contributed by atoms with Gasteiger partial charge in [-0.15, -0.1) is 0 Å². The molecule has 3 atom stereocenters. The second-order valence-corrected chi connectivity index (χ2v) is 5.69. The molecular weight excluding hydrogens is 244 g/mol. The van der Waals surface area contributed by atoms with Crippen molar-refractivity contribution in [1.29, 1.82) is 0 Å². The number of nitrogens with one attached hydrogen (secondary N) is 2. The van der Waals surface area contributed by atoms with Crippen molar-refractivity contribution in [2.45, 2.75) is 66.0 Å². The van der Waals surface area contributed by atoms with Crippen molar-refractivity contribution in [1.82, 2.24) is 10.6 Å². The molecule has 0 aromatic heterocycles. The summed E-state index contributed by atoms with van der Waals surface area (Å²) in [5, 5.41) is 14.4. The van der Waals surface area contributed by atoms with Gasteiger partial charge in [0.15, 0.2) is 0 Å². The summed E-state index contributed by atoms with van der Waals surface area (Å²) in [6.07, 6.45) is 2.64. The third kappa shape index (κ3) is 7.70. The molecule has 3 N–H and O–H groups in total. The van der Waals surface area contributed by atoms with Crippen LogP contribution in [0, 0.1) is 11.8 Å². The zero-order chi connectivity index (χ0) is 15.0. The predicted octanol–water partition coefficient (Wildman–Crippen LogP) is 2.61. The van der Waals surface area contributed by atoms with E-state index in [2.05, 4.69) is 24.5 Å². The van der Waals surface area contributed by atoms with Crippen LogP contribution in [0.15, 0.2) is 0 Å². The number of carboxylic acid groups (broad SMARTS) is 1. The van der Waals surface area contributed by atoms with Crippen LogP contribution in [0.2, 0.25) is 0 Å². The minimum absolute atomic E-state index is 0.0498. The first-order valence-electron chi connectivity index (χ1n) is 7.07. The van der Waals surface area contributed by atoms with E-state index in [0.29, 0.717) is 12.3 Å². The molecule has 0 rings (SSSR count). The highest BCUT2D eigenvalue weighted by Crippen LogP contribution is 2.09. The van der Waals surface area contributed by atoms with Crippen molar-refractivity contribution in [3.63, 3.8) is 0 Å². The van der Waals surface area contributed by atoms with Crippen molar-refractivity contribution in [2.75, 3.05) is 0 Å². The Hall–Kier alpha value is -1.26. The number of urea groups is 1. The highest BCUT2D eigenvalue weighted by molar-refractivity contribution is 5.82. The summed E-state index contributed by atoms with van der Waals surface area (Å²) in [5.41, 5.74) is 0. The lowest BCUT2D eigenvalue weighted by Crippen LogP contribution is -2.50. The molecule has 112 valence electrons. The summed E-state index contributed by atoms with van der Waals surface area (Å²) in [7, 11) is 0. The predicted molar refractivity (Wildman–Crippen MR) is 76.1 cm³/mol. The Morgan fingerprint density at radius 1 is 1.05 bits per heavy atom. The normalized spacial score (nSPS) is 15.7. The van der Waals surface area contributed by atoms with E-state index in [0.717, 1.165) is 12.8 Å². The average Bonchev–Trinajstić information content (AvgIpc) is 2.32. The molecule has 0 fully saturated rings. The molecule has 5 nitrogen and oxygen atoms in total. The average molecular weight is 272 g/mol. The Morgan fingerprint density at radius 3 is 2.05 bits per heavy atom. The van der Waals surface area contributed by atoms with Gasteiger partial charge in [0, 0.05) is 6.04 Å². The van der Waals surface area contributed by atoms with Crippen LogP contribution in [-0.2, 0) is 4.79 Å². The first-order valence-corrected chi connectivity index (χ1v) is 7.07. The first kappa shape index (κ1) is 17.7. The van der Waals surface area contributed by atoms with E-state index in [-0.39, 0.29) is 12.0 Å². The van der Waals surface area contributed by atoms with Gasteiger partial charge >= 0.3 is 12.0 Å². The van der Waals surface area contributed by atoms with E-state index in [1.165, 1.54) is 0 Å². The lowest BCUT2D eigenvalue weighted by Gasteiger charge is -2.22. The maximum Gasteiger partial charge on any atom is 0.326 e. The lowest BCUT2D eigenvalue weighted by molar-refractivity contribution is -0.140. The van der Waals surface area contributed by atoms with E-state index < -0.39 is 18.0 Å². The summed E-state index contributed by atoms with van der Waals surface area (Å²) in [6, 6.07) is -1.18. The molecule has 0 saturated heterocycles. The van der Waals surface area contributed by atoms with Gasteiger partial charge in [0.25, 0.3) is 0 Å². The molecule has 0 saturated carbocycles. The number of aliphatic carboxylic acids is 1. The van der Waals surface area contributed by atoms with Gasteiger partial charge in [-0.05, 0) is 31.6 Å². The summed E-state index contributed by atoms with van der Waals surface area (Å²) in [5.74, 6) is -0.479. The Bertz CT molecular complexity index is 292. The number of carboxylic acids is 1. The zero-order valence-electron chi connectivity index (χ0n) is 12.7. The number of carbonyl (C=O) groups is 2. The highest BCUT2D eigenvalue weighted by atomic mass is 16.4. The van der Waals surface area contributed by atoms with Crippen LogP contribution in [0.4, 0.5) is 4.79 Å². The fourth-order valence-corrected chi connectivity index (χ4v) is 1.75. The van der Waals surface area contributed by atoms with Crippen molar-refractivity contribution >= 4 is 12.0 Å². The van der Waals surface area contributed by atoms with Crippen molar-refractivity contribution < 1.29 is 14.7 Å². The monoisotopic (exact) mass is 272 g/mol. The van der Waals surface area contributed by atoms with Crippen LogP contribution in [-0.4, -0.2) is 29.2 Å². The third-order valence-corrected chi connectivity index (χ3v) is 3.32. The third-order valence-electron chi connectivity index (χ3n) is 3.32. The van der Waals surface area contributed by atoms with Crippen LogP contribution in [0.1, 0.15) is 53.9 Å². The fourth-order valence-electron chi connectivity index (χ4n) is 1.75. The Labute approximate surface area is 116 Å².